The molecule has 0 bridgehead atoms. The lowest BCUT2D eigenvalue weighted by Gasteiger charge is -2.36. The van der Waals surface area contributed by atoms with Gasteiger partial charge in [0.15, 0.2) is 0 Å². The molecule has 3 nitrogen and oxygen atoms in total. The number of thiophene rings is 1. The van der Waals surface area contributed by atoms with Gasteiger partial charge in [0, 0.05) is 37.2 Å². The third-order valence-corrected chi connectivity index (χ3v) is 5.25. The molecule has 21 heavy (non-hydrogen) atoms. The van der Waals surface area contributed by atoms with Crippen LogP contribution in [0, 0.1) is 6.92 Å². The summed E-state index contributed by atoms with van der Waals surface area (Å²) in [6.45, 7) is 5.44. The van der Waals surface area contributed by atoms with Crippen molar-refractivity contribution < 1.29 is 4.79 Å². The van der Waals surface area contributed by atoms with Crippen LogP contribution in [0.1, 0.15) is 15.9 Å². The van der Waals surface area contributed by atoms with E-state index in [1.54, 1.807) is 11.3 Å². The molecule has 5 heteroatoms. The molecule has 0 atom stereocenters. The SMILES string of the molecule is Cc1cccc(N2CCN(C(=O)c3csc(Br)c3)CC2)c1. The Labute approximate surface area is 137 Å². The van der Waals surface area contributed by atoms with Crippen LogP contribution in [-0.2, 0) is 0 Å². The molecule has 1 amide bonds. The van der Waals surface area contributed by atoms with Gasteiger partial charge in [-0.05, 0) is 46.6 Å². The van der Waals surface area contributed by atoms with Crippen molar-refractivity contribution >= 4 is 38.9 Å². The van der Waals surface area contributed by atoms with Crippen LogP contribution in [0.4, 0.5) is 5.69 Å². The quantitative estimate of drug-likeness (QED) is 0.809. The standard InChI is InChI=1S/C16H17BrN2OS/c1-12-3-2-4-14(9-12)18-5-7-19(8-6-18)16(20)13-10-15(17)21-11-13/h2-4,9-11H,5-8H2,1H3. The molecule has 0 aliphatic carbocycles. The monoisotopic (exact) mass is 364 g/mol. The number of benzene rings is 1. The fourth-order valence-electron chi connectivity index (χ4n) is 2.60. The maximum atomic E-state index is 12.4. The van der Waals surface area contributed by atoms with Gasteiger partial charge in [-0.15, -0.1) is 11.3 Å². The first-order chi connectivity index (χ1) is 10.1. The summed E-state index contributed by atoms with van der Waals surface area (Å²) in [6, 6.07) is 10.4. The molecule has 2 aromatic rings. The number of nitrogens with zero attached hydrogens (tertiary/aromatic N) is 2. The fraction of sp³-hybridized carbons (Fsp3) is 0.312. The Kier molecular flexibility index (Phi) is 4.31. The zero-order valence-corrected chi connectivity index (χ0v) is 14.3. The summed E-state index contributed by atoms with van der Waals surface area (Å²) in [5.74, 6) is 0.140. The number of carbonyl (C=O) groups excluding carboxylic acids is 1. The molecular weight excluding hydrogens is 348 g/mol. The number of carbonyl (C=O) groups is 1. The Morgan fingerprint density at radius 2 is 1.95 bits per heavy atom. The lowest BCUT2D eigenvalue weighted by atomic mass is 10.2. The summed E-state index contributed by atoms with van der Waals surface area (Å²) in [7, 11) is 0. The van der Waals surface area contributed by atoms with E-state index in [1.165, 1.54) is 11.3 Å². The Morgan fingerprint density at radius 3 is 2.57 bits per heavy atom. The van der Waals surface area contributed by atoms with Crippen LogP contribution < -0.4 is 4.90 Å². The van der Waals surface area contributed by atoms with E-state index in [0.717, 1.165) is 35.5 Å². The maximum absolute atomic E-state index is 12.4. The van der Waals surface area contributed by atoms with Gasteiger partial charge in [-0.1, -0.05) is 12.1 Å². The highest BCUT2D eigenvalue weighted by atomic mass is 79.9. The van der Waals surface area contributed by atoms with Crippen LogP contribution >= 0.6 is 27.3 Å². The van der Waals surface area contributed by atoms with Gasteiger partial charge in [-0.3, -0.25) is 4.79 Å². The van der Waals surface area contributed by atoms with Crippen LogP contribution in [0.3, 0.4) is 0 Å². The van der Waals surface area contributed by atoms with Crippen molar-refractivity contribution in [2.24, 2.45) is 0 Å². The molecular formula is C16H17BrN2OS. The number of hydrogen-bond donors (Lipinski definition) is 0. The number of amides is 1. The number of aryl methyl sites for hydroxylation is 1. The smallest absolute Gasteiger partial charge is 0.254 e. The molecule has 0 N–H and O–H groups in total. The molecule has 1 saturated heterocycles. The van der Waals surface area contributed by atoms with Crippen molar-refractivity contribution in [2.75, 3.05) is 31.1 Å². The summed E-state index contributed by atoms with van der Waals surface area (Å²) in [5.41, 5.74) is 3.31. The highest BCUT2D eigenvalue weighted by Gasteiger charge is 2.22. The molecule has 1 aliphatic heterocycles. The van der Waals surface area contributed by atoms with Gasteiger partial charge in [-0.2, -0.15) is 0 Å². The predicted molar refractivity (Wildman–Crippen MR) is 91.3 cm³/mol. The molecule has 110 valence electrons. The van der Waals surface area contributed by atoms with Crippen molar-refractivity contribution in [3.05, 3.63) is 50.6 Å². The van der Waals surface area contributed by atoms with Crippen molar-refractivity contribution in [3.63, 3.8) is 0 Å². The maximum Gasteiger partial charge on any atom is 0.254 e. The van der Waals surface area contributed by atoms with Gasteiger partial charge in [0.2, 0.25) is 0 Å². The van der Waals surface area contributed by atoms with Crippen LogP contribution in [0.15, 0.2) is 39.5 Å². The second kappa shape index (κ2) is 6.20. The van der Waals surface area contributed by atoms with Crippen molar-refractivity contribution in [2.45, 2.75) is 6.92 Å². The molecule has 2 heterocycles. The molecule has 0 saturated carbocycles. The number of anilines is 1. The second-order valence-electron chi connectivity index (χ2n) is 5.26. The number of halogens is 1. The highest BCUT2D eigenvalue weighted by Crippen LogP contribution is 2.23. The molecule has 1 aromatic carbocycles. The third-order valence-electron chi connectivity index (χ3n) is 3.75. The first-order valence-electron chi connectivity index (χ1n) is 6.98. The third kappa shape index (κ3) is 3.30. The van der Waals surface area contributed by atoms with E-state index >= 15 is 0 Å². The zero-order valence-electron chi connectivity index (χ0n) is 11.9. The molecule has 1 aliphatic rings. The first kappa shape index (κ1) is 14.6. The van der Waals surface area contributed by atoms with Crippen molar-refractivity contribution in [3.8, 4) is 0 Å². The largest absolute Gasteiger partial charge is 0.368 e. The minimum Gasteiger partial charge on any atom is -0.368 e. The van der Waals surface area contributed by atoms with E-state index in [1.807, 2.05) is 16.3 Å². The summed E-state index contributed by atoms with van der Waals surface area (Å²) in [5, 5.41) is 1.92. The van der Waals surface area contributed by atoms with Crippen LogP contribution in [0.2, 0.25) is 0 Å². The van der Waals surface area contributed by atoms with Crippen LogP contribution in [0.5, 0.6) is 0 Å². The Balaban J connectivity index is 1.64. The number of rotatable bonds is 2. The molecule has 3 rings (SSSR count). The van der Waals surface area contributed by atoms with E-state index in [9.17, 15) is 4.79 Å². The average molecular weight is 365 g/mol. The minimum atomic E-state index is 0.140. The zero-order chi connectivity index (χ0) is 14.8. The fourth-order valence-corrected chi connectivity index (χ4v) is 3.73. The lowest BCUT2D eigenvalue weighted by molar-refractivity contribution is 0.0747. The van der Waals surface area contributed by atoms with Crippen LogP contribution in [-0.4, -0.2) is 37.0 Å². The molecule has 1 aromatic heterocycles. The summed E-state index contributed by atoms with van der Waals surface area (Å²) in [4.78, 5) is 16.7. The summed E-state index contributed by atoms with van der Waals surface area (Å²) in [6.07, 6.45) is 0. The van der Waals surface area contributed by atoms with Gasteiger partial charge >= 0.3 is 0 Å². The topological polar surface area (TPSA) is 23.6 Å². The van der Waals surface area contributed by atoms with E-state index in [4.69, 9.17) is 0 Å². The molecule has 1 fully saturated rings. The lowest BCUT2D eigenvalue weighted by Crippen LogP contribution is -2.48. The molecule has 0 spiro atoms. The van der Waals surface area contributed by atoms with Gasteiger partial charge in [0.05, 0.1) is 9.35 Å². The molecule has 0 unspecified atom stereocenters. The predicted octanol–water partition coefficient (Wildman–Crippen LogP) is 3.78. The minimum absolute atomic E-state index is 0.140. The number of hydrogen-bond acceptors (Lipinski definition) is 3. The van der Waals surface area contributed by atoms with Gasteiger partial charge in [0.1, 0.15) is 0 Å². The van der Waals surface area contributed by atoms with E-state index in [-0.39, 0.29) is 5.91 Å². The highest BCUT2D eigenvalue weighted by molar-refractivity contribution is 9.11. The molecule has 0 radical (unpaired) electrons. The van der Waals surface area contributed by atoms with Gasteiger partial charge in [0.25, 0.3) is 5.91 Å². The van der Waals surface area contributed by atoms with E-state index in [0.29, 0.717) is 0 Å². The van der Waals surface area contributed by atoms with E-state index in [2.05, 4.69) is 52.0 Å². The Morgan fingerprint density at radius 1 is 1.19 bits per heavy atom. The second-order valence-corrected chi connectivity index (χ2v) is 7.55. The Bertz CT molecular complexity index is 647. The van der Waals surface area contributed by atoms with Gasteiger partial charge in [-0.25, -0.2) is 0 Å². The van der Waals surface area contributed by atoms with Crippen molar-refractivity contribution in [1.82, 2.24) is 4.90 Å². The Hall–Kier alpha value is -1.33. The van der Waals surface area contributed by atoms with Crippen LogP contribution in [0.25, 0.3) is 0 Å². The summed E-state index contributed by atoms with van der Waals surface area (Å²) >= 11 is 4.97. The van der Waals surface area contributed by atoms with Crippen molar-refractivity contribution in [1.29, 1.82) is 0 Å². The number of piperazine rings is 1. The average Bonchev–Trinajstić information content (AvgIpc) is 2.93. The van der Waals surface area contributed by atoms with E-state index < -0.39 is 0 Å². The first-order valence-corrected chi connectivity index (χ1v) is 8.66. The normalized spacial score (nSPS) is 15.3. The summed E-state index contributed by atoms with van der Waals surface area (Å²) < 4.78 is 1.00. The van der Waals surface area contributed by atoms with Gasteiger partial charge < -0.3 is 9.80 Å².